The smallest absolute Gasteiger partial charge is 0.271 e. The number of rotatable bonds is 3. The molecule has 1 N–H and O–H groups in total. The number of benzene rings is 1. The Balaban J connectivity index is 2.11. The molecule has 0 fully saturated rings. The lowest BCUT2D eigenvalue weighted by atomic mass is 10.1. The average molecular weight is 384 g/mol. The summed E-state index contributed by atoms with van der Waals surface area (Å²) in [7, 11) is 0. The van der Waals surface area contributed by atoms with Gasteiger partial charge in [0.25, 0.3) is 5.91 Å². The molecule has 0 saturated heterocycles. The Bertz CT molecular complexity index is 584. The molecule has 1 heterocycles. The van der Waals surface area contributed by atoms with Gasteiger partial charge in [0.1, 0.15) is 5.69 Å². The minimum atomic E-state index is -0.192. The van der Waals surface area contributed by atoms with Crippen LogP contribution in [0.2, 0.25) is 0 Å². The molecule has 0 aliphatic rings. The van der Waals surface area contributed by atoms with Gasteiger partial charge in [-0.15, -0.1) is 0 Å². The van der Waals surface area contributed by atoms with Crippen molar-refractivity contribution in [2.24, 2.45) is 0 Å². The summed E-state index contributed by atoms with van der Waals surface area (Å²) in [5, 5.41) is 2.93. The minimum Gasteiger partial charge on any atom is -0.344 e. The zero-order valence-corrected chi connectivity index (χ0v) is 13.4. The number of halogens is 2. The van der Waals surface area contributed by atoms with Crippen LogP contribution in [0, 0.1) is 0 Å². The molecule has 1 aromatic heterocycles. The number of nitrogens with zero attached hydrogens (tertiary/aromatic N) is 1. The maximum absolute atomic E-state index is 12.1. The summed E-state index contributed by atoms with van der Waals surface area (Å²) in [6.07, 6.45) is 1.60. The van der Waals surface area contributed by atoms with Gasteiger partial charge in [-0.3, -0.25) is 4.79 Å². The van der Waals surface area contributed by atoms with Gasteiger partial charge in [0.2, 0.25) is 0 Å². The van der Waals surface area contributed by atoms with E-state index in [0.29, 0.717) is 10.2 Å². The first kappa shape index (κ1) is 14.2. The van der Waals surface area contributed by atoms with E-state index in [9.17, 15) is 4.79 Å². The number of aromatic nitrogens is 1. The van der Waals surface area contributed by atoms with Crippen molar-refractivity contribution in [3.63, 3.8) is 0 Å². The van der Waals surface area contributed by atoms with Crippen LogP contribution in [-0.4, -0.2) is 10.9 Å². The fourth-order valence-corrected chi connectivity index (χ4v) is 2.35. The van der Waals surface area contributed by atoms with Gasteiger partial charge in [0.05, 0.1) is 6.04 Å². The number of hydrogen-bond donors (Lipinski definition) is 1. The molecular formula is C14H12Br2N2O. The third-order valence-corrected chi connectivity index (χ3v) is 3.86. The monoisotopic (exact) mass is 382 g/mol. The third-order valence-electron chi connectivity index (χ3n) is 2.69. The number of hydrogen-bond acceptors (Lipinski definition) is 2. The van der Waals surface area contributed by atoms with Gasteiger partial charge >= 0.3 is 0 Å². The Morgan fingerprint density at radius 1 is 1.21 bits per heavy atom. The number of carbonyl (C=O) groups excluding carboxylic acids is 1. The molecule has 98 valence electrons. The highest BCUT2D eigenvalue weighted by molar-refractivity contribution is 9.10. The fraction of sp³-hybridized carbons (Fsp3) is 0.143. The van der Waals surface area contributed by atoms with E-state index in [0.717, 1.165) is 10.0 Å². The molecule has 1 aromatic carbocycles. The molecule has 0 saturated carbocycles. The van der Waals surface area contributed by atoms with Crippen molar-refractivity contribution in [2.75, 3.05) is 0 Å². The van der Waals surface area contributed by atoms with E-state index < -0.39 is 0 Å². The molecule has 0 bridgehead atoms. The first-order valence-electron chi connectivity index (χ1n) is 5.75. The SMILES string of the molecule is C[C@@H](NC(=O)c1ncccc1Br)c1ccc(Br)cc1. The van der Waals surface area contributed by atoms with E-state index in [1.54, 1.807) is 18.3 Å². The van der Waals surface area contributed by atoms with Crippen molar-refractivity contribution in [1.29, 1.82) is 0 Å². The Labute approximate surface area is 128 Å². The lowest BCUT2D eigenvalue weighted by Gasteiger charge is -2.14. The summed E-state index contributed by atoms with van der Waals surface area (Å²) in [5.41, 5.74) is 1.44. The van der Waals surface area contributed by atoms with E-state index in [-0.39, 0.29) is 11.9 Å². The van der Waals surface area contributed by atoms with Gasteiger partial charge in [0, 0.05) is 15.1 Å². The van der Waals surface area contributed by atoms with Crippen LogP contribution in [0.4, 0.5) is 0 Å². The molecule has 2 rings (SSSR count). The van der Waals surface area contributed by atoms with Gasteiger partial charge in [-0.05, 0) is 52.7 Å². The second-order valence-electron chi connectivity index (χ2n) is 4.08. The summed E-state index contributed by atoms with van der Waals surface area (Å²) in [6, 6.07) is 11.4. The molecule has 1 atom stereocenters. The highest BCUT2D eigenvalue weighted by Gasteiger charge is 2.14. The molecule has 0 spiro atoms. The van der Waals surface area contributed by atoms with E-state index in [1.807, 2.05) is 31.2 Å². The Kier molecular flexibility index (Phi) is 4.71. The second-order valence-corrected chi connectivity index (χ2v) is 5.85. The van der Waals surface area contributed by atoms with Crippen LogP contribution in [0.1, 0.15) is 29.0 Å². The Hall–Kier alpha value is -1.20. The molecule has 1 amide bonds. The number of amides is 1. The molecule has 0 unspecified atom stereocenters. The molecule has 3 nitrogen and oxygen atoms in total. The highest BCUT2D eigenvalue weighted by Crippen LogP contribution is 2.18. The van der Waals surface area contributed by atoms with Gasteiger partial charge < -0.3 is 5.32 Å². The van der Waals surface area contributed by atoms with Gasteiger partial charge in [-0.2, -0.15) is 0 Å². The molecule has 0 aliphatic heterocycles. The van der Waals surface area contributed by atoms with Crippen molar-refractivity contribution in [1.82, 2.24) is 10.3 Å². The van der Waals surface area contributed by atoms with Crippen LogP contribution in [0.5, 0.6) is 0 Å². The van der Waals surface area contributed by atoms with Gasteiger partial charge in [0.15, 0.2) is 0 Å². The average Bonchev–Trinajstić information content (AvgIpc) is 2.39. The third kappa shape index (κ3) is 3.64. The van der Waals surface area contributed by atoms with Crippen molar-refractivity contribution in [3.8, 4) is 0 Å². The fourth-order valence-electron chi connectivity index (χ4n) is 1.65. The van der Waals surface area contributed by atoms with Crippen LogP contribution in [0.15, 0.2) is 51.5 Å². The van der Waals surface area contributed by atoms with E-state index in [4.69, 9.17) is 0 Å². The molecule has 0 radical (unpaired) electrons. The van der Waals surface area contributed by atoms with Crippen LogP contribution in [0.25, 0.3) is 0 Å². The van der Waals surface area contributed by atoms with Gasteiger partial charge in [-0.25, -0.2) is 4.98 Å². The molecule has 5 heteroatoms. The van der Waals surface area contributed by atoms with E-state index in [2.05, 4.69) is 42.2 Å². The van der Waals surface area contributed by atoms with Crippen molar-refractivity contribution < 1.29 is 4.79 Å². The zero-order chi connectivity index (χ0) is 13.8. The molecule has 2 aromatic rings. The standard InChI is InChI=1S/C14H12Br2N2O/c1-9(10-4-6-11(15)7-5-10)18-14(19)13-12(16)3-2-8-17-13/h2-9H,1H3,(H,18,19)/t9-/m1/s1. The number of pyridine rings is 1. The highest BCUT2D eigenvalue weighted by atomic mass is 79.9. The summed E-state index contributed by atoms with van der Waals surface area (Å²) in [5.74, 6) is -0.192. The Morgan fingerprint density at radius 2 is 1.89 bits per heavy atom. The first-order chi connectivity index (χ1) is 9.08. The molecule has 19 heavy (non-hydrogen) atoms. The lowest BCUT2D eigenvalue weighted by molar-refractivity contribution is 0.0934. The maximum atomic E-state index is 12.1. The topological polar surface area (TPSA) is 42.0 Å². The second kappa shape index (κ2) is 6.30. The predicted molar refractivity (Wildman–Crippen MR) is 82.0 cm³/mol. The van der Waals surface area contributed by atoms with Crippen LogP contribution < -0.4 is 5.32 Å². The minimum absolute atomic E-state index is 0.0745. The first-order valence-corrected chi connectivity index (χ1v) is 7.33. The van der Waals surface area contributed by atoms with Gasteiger partial charge in [-0.1, -0.05) is 28.1 Å². The molecular weight excluding hydrogens is 372 g/mol. The number of carbonyl (C=O) groups is 1. The largest absolute Gasteiger partial charge is 0.344 e. The summed E-state index contributed by atoms with van der Waals surface area (Å²) in [6.45, 7) is 1.94. The van der Waals surface area contributed by atoms with Crippen LogP contribution in [0.3, 0.4) is 0 Å². The normalized spacial score (nSPS) is 11.9. The van der Waals surface area contributed by atoms with Crippen molar-refractivity contribution in [3.05, 3.63) is 62.8 Å². The Morgan fingerprint density at radius 3 is 2.53 bits per heavy atom. The van der Waals surface area contributed by atoms with E-state index >= 15 is 0 Å². The van der Waals surface area contributed by atoms with Crippen molar-refractivity contribution in [2.45, 2.75) is 13.0 Å². The zero-order valence-electron chi connectivity index (χ0n) is 10.2. The van der Waals surface area contributed by atoms with E-state index in [1.165, 1.54) is 0 Å². The van der Waals surface area contributed by atoms with Crippen LogP contribution >= 0.6 is 31.9 Å². The maximum Gasteiger partial charge on any atom is 0.271 e. The quantitative estimate of drug-likeness (QED) is 0.866. The van der Waals surface area contributed by atoms with Crippen molar-refractivity contribution >= 4 is 37.8 Å². The van der Waals surface area contributed by atoms with Crippen LogP contribution in [-0.2, 0) is 0 Å². The summed E-state index contributed by atoms with van der Waals surface area (Å²) in [4.78, 5) is 16.2. The number of nitrogens with one attached hydrogen (secondary N) is 1. The summed E-state index contributed by atoms with van der Waals surface area (Å²) >= 11 is 6.71. The predicted octanol–water partition coefficient (Wildman–Crippen LogP) is 4.10. The molecule has 0 aliphatic carbocycles. The summed E-state index contributed by atoms with van der Waals surface area (Å²) < 4.78 is 1.71. The lowest BCUT2D eigenvalue weighted by Crippen LogP contribution is -2.27.